The third-order valence-electron chi connectivity index (χ3n) is 5.69. The predicted molar refractivity (Wildman–Crippen MR) is 119 cm³/mol. The molecule has 33 heavy (non-hydrogen) atoms. The van der Waals surface area contributed by atoms with Gasteiger partial charge in [-0.3, -0.25) is 0 Å². The fourth-order valence-corrected chi connectivity index (χ4v) is 4.13. The van der Waals surface area contributed by atoms with Crippen molar-refractivity contribution in [1.82, 2.24) is 4.90 Å². The summed E-state index contributed by atoms with van der Waals surface area (Å²) in [5.41, 5.74) is 1.78. The van der Waals surface area contributed by atoms with E-state index in [0.717, 1.165) is 17.7 Å². The molecule has 0 saturated heterocycles. The third-order valence-corrected chi connectivity index (χ3v) is 5.69. The summed E-state index contributed by atoms with van der Waals surface area (Å²) < 4.78 is 51.2. The number of hydrogen-bond acceptors (Lipinski definition) is 3. The summed E-state index contributed by atoms with van der Waals surface area (Å²) in [5.74, 6) is 0.972. The molecule has 0 saturated carbocycles. The van der Waals surface area contributed by atoms with Crippen molar-refractivity contribution in [3.8, 4) is 11.5 Å². The first-order chi connectivity index (χ1) is 15.8. The summed E-state index contributed by atoms with van der Waals surface area (Å²) in [6.45, 7) is 0.321. The summed E-state index contributed by atoms with van der Waals surface area (Å²) in [7, 11) is 3.02. The number of para-hydroxylation sites is 1. The lowest BCUT2D eigenvalue weighted by atomic mass is 9.87. The van der Waals surface area contributed by atoms with Gasteiger partial charge in [0.15, 0.2) is 11.5 Å². The van der Waals surface area contributed by atoms with Crippen molar-refractivity contribution >= 4 is 11.7 Å². The maximum atomic E-state index is 13.5. The van der Waals surface area contributed by atoms with Gasteiger partial charge in [0.2, 0.25) is 0 Å². The Bertz CT molecular complexity index is 1150. The minimum absolute atomic E-state index is 0.321. The number of fused-ring (bicyclic) bond motifs is 1. The number of benzene rings is 3. The molecule has 2 amide bonds. The summed E-state index contributed by atoms with van der Waals surface area (Å²) >= 11 is 0. The molecule has 1 N–H and O–H groups in total. The van der Waals surface area contributed by atoms with Crippen LogP contribution in [0.15, 0.2) is 66.7 Å². The van der Waals surface area contributed by atoms with Gasteiger partial charge >= 0.3 is 12.2 Å². The summed E-state index contributed by atoms with van der Waals surface area (Å²) in [6.07, 6.45) is -3.98. The number of carbonyl (C=O) groups excluding carboxylic acids is 1. The maximum absolute atomic E-state index is 13.5. The average Bonchev–Trinajstić information content (AvgIpc) is 2.82. The van der Waals surface area contributed by atoms with E-state index >= 15 is 0 Å². The molecule has 3 aromatic rings. The molecular formula is C25H23F3N2O3. The lowest BCUT2D eigenvalue weighted by Gasteiger charge is -2.38. The first kappa shape index (κ1) is 22.5. The maximum Gasteiger partial charge on any atom is 0.416 e. The highest BCUT2D eigenvalue weighted by atomic mass is 19.4. The largest absolute Gasteiger partial charge is 0.493 e. The normalized spacial score (nSPS) is 15.5. The number of alkyl halides is 3. The number of methoxy groups -OCH3 is 2. The number of ether oxygens (including phenoxy) is 2. The van der Waals surface area contributed by atoms with Crippen molar-refractivity contribution in [3.63, 3.8) is 0 Å². The van der Waals surface area contributed by atoms with Crippen molar-refractivity contribution in [3.05, 3.63) is 89.0 Å². The SMILES string of the molecule is COc1cc2c(cc1OC)[C@@H](c1cccc(C(F)(F)F)c1)N(C(=O)Nc1ccccc1)CC2. The molecule has 0 spiro atoms. The monoisotopic (exact) mass is 456 g/mol. The van der Waals surface area contributed by atoms with E-state index in [1.54, 1.807) is 41.3 Å². The predicted octanol–water partition coefficient (Wildman–Crippen LogP) is 5.90. The Balaban J connectivity index is 1.82. The standard InChI is InChI=1S/C25H23F3N2O3/c1-32-21-14-16-11-12-30(24(31)29-19-9-4-3-5-10-19)23(20(16)15-22(21)33-2)17-7-6-8-18(13-17)25(26,27)28/h3-10,13-15,23H,11-12H2,1-2H3,(H,29,31)/t23-/m1/s1. The molecule has 0 bridgehead atoms. The first-order valence-corrected chi connectivity index (χ1v) is 10.4. The Morgan fingerprint density at radius 2 is 1.67 bits per heavy atom. The van der Waals surface area contributed by atoms with E-state index in [1.807, 2.05) is 12.1 Å². The minimum Gasteiger partial charge on any atom is -0.493 e. The zero-order valence-corrected chi connectivity index (χ0v) is 18.1. The van der Waals surface area contributed by atoms with Crippen molar-refractivity contribution in [2.45, 2.75) is 18.6 Å². The van der Waals surface area contributed by atoms with Gasteiger partial charge in [0.1, 0.15) is 0 Å². The van der Waals surface area contributed by atoms with Gasteiger partial charge in [-0.15, -0.1) is 0 Å². The second kappa shape index (κ2) is 9.05. The number of anilines is 1. The van der Waals surface area contributed by atoms with Crippen LogP contribution in [0.2, 0.25) is 0 Å². The van der Waals surface area contributed by atoms with E-state index in [4.69, 9.17) is 9.47 Å². The number of amides is 2. The second-order valence-electron chi connectivity index (χ2n) is 7.67. The second-order valence-corrected chi connectivity index (χ2v) is 7.67. The molecule has 0 fully saturated rings. The topological polar surface area (TPSA) is 50.8 Å². The van der Waals surface area contributed by atoms with Gasteiger partial charge in [0.05, 0.1) is 25.8 Å². The molecule has 4 rings (SSSR count). The quantitative estimate of drug-likeness (QED) is 0.532. The molecule has 0 aliphatic carbocycles. The van der Waals surface area contributed by atoms with Crippen LogP contribution in [-0.2, 0) is 12.6 Å². The van der Waals surface area contributed by atoms with Crippen LogP contribution >= 0.6 is 0 Å². The smallest absolute Gasteiger partial charge is 0.416 e. The van der Waals surface area contributed by atoms with Crippen molar-refractivity contribution in [2.24, 2.45) is 0 Å². The third kappa shape index (κ3) is 4.60. The fourth-order valence-electron chi connectivity index (χ4n) is 4.13. The molecule has 0 unspecified atom stereocenters. The highest BCUT2D eigenvalue weighted by molar-refractivity contribution is 5.90. The van der Waals surface area contributed by atoms with Crippen LogP contribution < -0.4 is 14.8 Å². The van der Waals surface area contributed by atoms with Gasteiger partial charge in [0, 0.05) is 12.2 Å². The average molecular weight is 456 g/mol. The lowest BCUT2D eigenvalue weighted by Crippen LogP contribution is -2.43. The molecule has 5 nitrogen and oxygen atoms in total. The molecule has 172 valence electrons. The Kier molecular flexibility index (Phi) is 6.18. The Morgan fingerprint density at radius 3 is 2.33 bits per heavy atom. The van der Waals surface area contributed by atoms with Crippen LogP contribution in [-0.4, -0.2) is 31.7 Å². The van der Waals surface area contributed by atoms with Crippen LogP contribution in [0.1, 0.15) is 28.3 Å². The highest BCUT2D eigenvalue weighted by Crippen LogP contribution is 2.42. The number of hydrogen-bond donors (Lipinski definition) is 1. The van der Waals surface area contributed by atoms with Gasteiger partial charge < -0.3 is 19.7 Å². The van der Waals surface area contributed by atoms with E-state index in [0.29, 0.717) is 41.3 Å². The number of nitrogens with zero attached hydrogens (tertiary/aromatic N) is 1. The zero-order chi connectivity index (χ0) is 23.6. The van der Waals surface area contributed by atoms with Gasteiger partial charge in [-0.2, -0.15) is 13.2 Å². The number of urea groups is 1. The Hall–Kier alpha value is -3.68. The molecule has 0 aromatic heterocycles. The molecule has 1 aliphatic heterocycles. The van der Waals surface area contributed by atoms with E-state index < -0.39 is 23.8 Å². The van der Waals surface area contributed by atoms with E-state index in [-0.39, 0.29) is 0 Å². The number of nitrogens with one attached hydrogen (secondary N) is 1. The molecule has 3 aromatic carbocycles. The molecule has 1 atom stereocenters. The molecular weight excluding hydrogens is 433 g/mol. The summed E-state index contributed by atoms with van der Waals surface area (Å²) in [5, 5.41) is 2.85. The van der Waals surface area contributed by atoms with E-state index in [1.165, 1.54) is 20.3 Å². The van der Waals surface area contributed by atoms with Crippen LogP contribution in [0.3, 0.4) is 0 Å². The fraction of sp³-hybridized carbons (Fsp3) is 0.240. The van der Waals surface area contributed by atoms with Gasteiger partial charge in [0.25, 0.3) is 0 Å². The van der Waals surface area contributed by atoms with Crippen molar-refractivity contribution < 1.29 is 27.4 Å². The minimum atomic E-state index is -4.50. The van der Waals surface area contributed by atoms with Crippen LogP contribution in [0.5, 0.6) is 11.5 Å². The number of halogens is 3. The van der Waals surface area contributed by atoms with Crippen molar-refractivity contribution in [2.75, 3.05) is 26.1 Å². The first-order valence-electron chi connectivity index (χ1n) is 10.4. The highest BCUT2D eigenvalue weighted by Gasteiger charge is 2.36. The van der Waals surface area contributed by atoms with Crippen LogP contribution in [0, 0.1) is 0 Å². The van der Waals surface area contributed by atoms with E-state index in [9.17, 15) is 18.0 Å². The van der Waals surface area contributed by atoms with Gasteiger partial charge in [-0.1, -0.05) is 30.3 Å². The van der Waals surface area contributed by atoms with E-state index in [2.05, 4.69) is 5.32 Å². The Labute approximate surface area is 189 Å². The number of rotatable bonds is 4. The Morgan fingerprint density at radius 1 is 0.970 bits per heavy atom. The number of carbonyl (C=O) groups is 1. The lowest BCUT2D eigenvalue weighted by molar-refractivity contribution is -0.137. The van der Waals surface area contributed by atoms with Crippen molar-refractivity contribution in [1.29, 1.82) is 0 Å². The summed E-state index contributed by atoms with van der Waals surface area (Å²) in [4.78, 5) is 14.8. The van der Waals surface area contributed by atoms with Gasteiger partial charge in [-0.05, 0) is 59.5 Å². The molecule has 0 radical (unpaired) electrons. The molecule has 1 aliphatic rings. The molecule has 1 heterocycles. The molecule has 8 heteroatoms. The van der Waals surface area contributed by atoms with Gasteiger partial charge in [-0.25, -0.2) is 4.79 Å². The van der Waals surface area contributed by atoms with Crippen LogP contribution in [0.25, 0.3) is 0 Å². The van der Waals surface area contributed by atoms with Crippen LogP contribution in [0.4, 0.5) is 23.7 Å². The zero-order valence-electron chi connectivity index (χ0n) is 18.1. The summed E-state index contributed by atoms with van der Waals surface area (Å²) in [6, 6.07) is 16.4.